The Morgan fingerprint density at radius 3 is 2.88 bits per heavy atom. The average molecular weight is 220 g/mol. The van der Waals surface area contributed by atoms with Crippen molar-refractivity contribution in [1.82, 2.24) is 19.8 Å². The molecule has 3 heterocycles. The lowest BCUT2D eigenvalue weighted by molar-refractivity contribution is -0.135. The van der Waals surface area contributed by atoms with Gasteiger partial charge in [0.05, 0.1) is 18.4 Å². The van der Waals surface area contributed by atoms with Gasteiger partial charge in [-0.15, -0.1) is 0 Å². The van der Waals surface area contributed by atoms with Crippen molar-refractivity contribution in [3.8, 4) is 0 Å². The molecule has 16 heavy (non-hydrogen) atoms. The molecular weight excluding hydrogens is 204 g/mol. The second kappa shape index (κ2) is 3.31. The van der Waals surface area contributed by atoms with E-state index in [1.54, 1.807) is 4.90 Å². The van der Waals surface area contributed by atoms with Gasteiger partial charge in [-0.2, -0.15) is 0 Å². The van der Waals surface area contributed by atoms with Crippen molar-refractivity contribution in [3.05, 3.63) is 17.7 Å². The highest BCUT2D eigenvalue weighted by Gasteiger charge is 2.33. The molecule has 3 rings (SSSR count). The maximum atomic E-state index is 11.9. The normalized spacial score (nSPS) is 25.5. The molecule has 0 aromatic carbocycles. The summed E-state index contributed by atoms with van der Waals surface area (Å²) in [5, 5.41) is 3.24. The maximum absolute atomic E-state index is 11.9. The number of hydrogen-bond acceptors (Lipinski definition) is 3. The van der Waals surface area contributed by atoms with Crippen LogP contribution in [0.5, 0.6) is 0 Å². The number of aromatic nitrogens is 2. The summed E-state index contributed by atoms with van der Waals surface area (Å²) in [6.45, 7) is 4.59. The van der Waals surface area contributed by atoms with Crippen LogP contribution in [0.2, 0.25) is 0 Å². The molecule has 1 amide bonds. The number of likely N-dealkylation sites (N-methyl/N-ethyl adjacent to an activating group) is 1. The van der Waals surface area contributed by atoms with E-state index < -0.39 is 0 Å². The number of hydrogen-bond donors (Lipinski definition) is 1. The standard InChI is InChI=1S/C11H16N4O/c1-7-11(16)14(2)6-9-5-13-10(15(7)9)8-3-12-4-8/h5,7-8,12H,3-4,6H2,1-2H3. The van der Waals surface area contributed by atoms with Crippen molar-refractivity contribution in [2.75, 3.05) is 20.1 Å². The second-order valence-electron chi connectivity index (χ2n) is 4.70. The van der Waals surface area contributed by atoms with Crippen LogP contribution in [0.25, 0.3) is 0 Å². The van der Waals surface area contributed by atoms with Crippen molar-refractivity contribution in [1.29, 1.82) is 0 Å². The number of fused-ring (bicyclic) bond motifs is 1. The third-order valence-corrected chi connectivity index (χ3v) is 3.57. The molecule has 0 aliphatic carbocycles. The van der Waals surface area contributed by atoms with Crippen LogP contribution in [-0.2, 0) is 11.3 Å². The first-order valence-electron chi connectivity index (χ1n) is 5.70. The maximum Gasteiger partial charge on any atom is 0.245 e. The highest BCUT2D eigenvalue weighted by molar-refractivity contribution is 5.81. The topological polar surface area (TPSA) is 50.2 Å². The third-order valence-electron chi connectivity index (χ3n) is 3.57. The van der Waals surface area contributed by atoms with Gasteiger partial charge in [0.15, 0.2) is 0 Å². The van der Waals surface area contributed by atoms with Gasteiger partial charge in [0, 0.05) is 26.1 Å². The summed E-state index contributed by atoms with van der Waals surface area (Å²) in [7, 11) is 1.85. The monoisotopic (exact) mass is 220 g/mol. The number of carbonyl (C=O) groups is 1. The first kappa shape index (κ1) is 9.84. The van der Waals surface area contributed by atoms with Gasteiger partial charge in [-0.3, -0.25) is 4.79 Å². The second-order valence-corrected chi connectivity index (χ2v) is 4.70. The van der Waals surface area contributed by atoms with Crippen molar-refractivity contribution < 1.29 is 4.79 Å². The Morgan fingerprint density at radius 1 is 1.50 bits per heavy atom. The lowest BCUT2D eigenvalue weighted by Gasteiger charge is -2.34. The van der Waals surface area contributed by atoms with E-state index in [0.717, 1.165) is 24.6 Å². The summed E-state index contributed by atoms with van der Waals surface area (Å²) in [5.74, 6) is 1.73. The molecule has 86 valence electrons. The summed E-state index contributed by atoms with van der Waals surface area (Å²) in [5.41, 5.74) is 1.15. The number of imidazole rings is 1. The molecule has 0 radical (unpaired) electrons. The highest BCUT2D eigenvalue weighted by atomic mass is 16.2. The molecule has 1 aromatic heterocycles. The Bertz CT molecular complexity index is 435. The molecule has 2 aliphatic heterocycles. The first-order valence-corrected chi connectivity index (χ1v) is 5.70. The van der Waals surface area contributed by atoms with Gasteiger partial charge < -0.3 is 14.8 Å². The lowest BCUT2D eigenvalue weighted by Crippen LogP contribution is -2.44. The Labute approximate surface area is 94.4 Å². The minimum absolute atomic E-state index is 0.105. The van der Waals surface area contributed by atoms with Gasteiger partial charge in [-0.1, -0.05) is 0 Å². The molecule has 1 aromatic rings. The van der Waals surface area contributed by atoms with Crippen molar-refractivity contribution in [2.24, 2.45) is 0 Å². The quantitative estimate of drug-likeness (QED) is 0.730. The van der Waals surface area contributed by atoms with E-state index in [9.17, 15) is 4.79 Å². The largest absolute Gasteiger partial charge is 0.338 e. The van der Waals surface area contributed by atoms with E-state index in [1.807, 2.05) is 20.2 Å². The molecule has 1 fully saturated rings. The molecule has 1 saturated heterocycles. The van der Waals surface area contributed by atoms with Gasteiger partial charge in [0.2, 0.25) is 5.91 Å². The average Bonchev–Trinajstić information content (AvgIpc) is 2.56. The third kappa shape index (κ3) is 1.21. The van der Waals surface area contributed by atoms with E-state index in [1.165, 1.54) is 0 Å². The molecule has 0 spiro atoms. The van der Waals surface area contributed by atoms with Crippen LogP contribution in [0.3, 0.4) is 0 Å². The Hall–Kier alpha value is -1.36. The molecule has 5 nitrogen and oxygen atoms in total. The van der Waals surface area contributed by atoms with Crippen LogP contribution in [0.15, 0.2) is 6.20 Å². The summed E-state index contributed by atoms with van der Waals surface area (Å²) in [6.07, 6.45) is 1.91. The highest BCUT2D eigenvalue weighted by Crippen LogP contribution is 2.28. The Morgan fingerprint density at radius 2 is 2.25 bits per heavy atom. The van der Waals surface area contributed by atoms with Crippen LogP contribution in [-0.4, -0.2) is 40.5 Å². The lowest BCUT2D eigenvalue weighted by atomic mass is 10.0. The minimum Gasteiger partial charge on any atom is -0.338 e. The van der Waals surface area contributed by atoms with Crippen molar-refractivity contribution >= 4 is 5.91 Å². The zero-order valence-corrected chi connectivity index (χ0v) is 9.60. The van der Waals surface area contributed by atoms with Gasteiger partial charge >= 0.3 is 0 Å². The fourth-order valence-electron chi connectivity index (χ4n) is 2.50. The number of carbonyl (C=O) groups excluding carboxylic acids is 1. The number of nitrogens with one attached hydrogen (secondary N) is 1. The minimum atomic E-state index is -0.105. The molecule has 5 heteroatoms. The molecule has 2 aliphatic rings. The van der Waals surface area contributed by atoms with Crippen LogP contribution >= 0.6 is 0 Å². The van der Waals surface area contributed by atoms with Gasteiger partial charge in [-0.05, 0) is 6.92 Å². The molecular formula is C11H16N4O. The fourth-order valence-corrected chi connectivity index (χ4v) is 2.50. The first-order chi connectivity index (χ1) is 7.68. The number of amides is 1. The number of rotatable bonds is 1. The molecule has 1 atom stereocenters. The summed E-state index contributed by atoms with van der Waals surface area (Å²) in [6, 6.07) is -0.105. The predicted octanol–water partition coefficient (Wildman–Crippen LogP) is 0.103. The zero-order valence-electron chi connectivity index (χ0n) is 9.60. The van der Waals surface area contributed by atoms with E-state index in [-0.39, 0.29) is 11.9 Å². The van der Waals surface area contributed by atoms with E-state index in [0.29, 0.717) is 12.5 Å². The molecule has 0 saturated carbocycles. The Kier molecular flexibility index (Phi) is 2.04. The summed E-state index contributed by atoms with van der Waals surface area (Å²) < 4.78 is 2.12. The van der Waals surface area contributed by atoms with Crippen molar-refractivity contribution in [3.63, 3.8) is 0 Å². The van der Waals surface area contributed by atoms with Crippen LogP contribution in [0.4, 0.5) is 0 Å². The predicted molar refractivity (Wildman–Crippen MR) is 59.0 cm³/mol. The van der Waals surface area contributed by atoms with Gasteiger partial charge in [0.25, 0.3) is 0 Å². The van der Waals surface area contributed by atoms with E-state index in [4.69, 9.17) is 0 Å². The molecule has 1 N–H and O–H groups in total. The van der Waals surface area contributed by atoms with Gasteiger partial charge in [0.1, 0.15) is 11.9 Å². The smallest absolute Gasteiger partial charge is 0.245 e. The van der Waals surface area contributed by atoms with Crippen molar-refractivity contribution in [2.45, 2.75) is 25.4 Å². The number of nitrogens with zero attached hydrogens (tertiary/aromatic N) is 3. The van der Waals surface area contributed by atoms with Crippen LogP contribution in [0.1, 0.15) is 30.4 Å². The summed E-state index contributed by atoms with van der Waals surface area (Å²) >= 11 is 0. The van der Waals surface area contributed by atoms with E-state index in [2.05, 4.69) is 14.9 Å². The zero-order chi connectivity index (χ0) is 11.3. The van der Waals surface area contributed by atoms with E-state index >= 15 is 0 Å². The molecule has 0 bridgehead atoms. The SMILES string of the molecule is CC1C(=O)N(C)Cc2cnc(C3CNC3)n21. The molecule has 1 unspecified atom stereocenters. The Balaban J connectivity index is 2.03. The van der Waals surface area contributed by atoms with Crippen LogP contribution in [0, 0.1) is 0 Å². The van der Waals surface area contributed by atoms with Crippen LogP contribution < -0.4 is 5.32 Å². The summed E-state index contributed by atoms with van der Waals surface area (Å²) in [4.78, 5) is 18.2. The fraction of sp³-hybridized carbons (Fsp3) is 0.636. The van der Waals surface area contributed by atoms with Gasteiger partial charge in [-0.25, -0.2) is 4.98 Å².